The third kappa shape index (κ3) is 4.97. The van der Waals surface area contributed by atoms with E-state index in [-0.39, 0.29) is 18.2 Å². The molecule has 0 saturated heterocycles. The van der Waals surface area contributed by atoms with Crippen LogP contribution < -0.4 is 10.2 Å². The average molecular weight is 367 g/mol. The van der Waals surface area contributed by atoms with Gasteiger partial charge >= 0.3 is 0 Å². The molecule has 27 heavy (non-hydrogen) atoms. The second kappa shape index (κ2) is 9.36. The number of amides is 2. The standard InChI is InChI=1S/C23H30N2O2/c1-6-19-12-9-13-20(7-2)23(19)25(18(5)26)15-14-21(27)24-22-16(3)10-8-11-17(22)4/h8-13H,6-7,14-15H2,1-5H3,(H,24,27). The maximum atomic E-state index is 12.5. The van der Waals surface area contributed by atoms with Gasteiger partial charge in [-0.25, -0.2) is 0 Å². The van der Waals surface area contributed by atoms with E-state index in [9.17, 15) is 9.59 Å². The summed E-state index contributed by atoms with van der Waals surface area (Å²) in [4.78, 5) is 26.6. The Balaban J connectivity index is 2.19. The zero-order valence-corrected chi connectivity index (χ0v) is 17.1. The van der Waals surface area contributed by atoms with Gasteiger partial charge < -0.3 is 10.2 Å². The van der Waals surface area contributed by atoms with Crippen molar-refractivity contribution >= 4 is 23.2 Å². The van der Waals surface area contributed by atoms with Gasteiger partial charge in [-0.3, -0.25) is 9.59 Å². The van der Waals surface area contributed by atoms with E-state index >= 15 is 0 Å². The Kier molecular flexibility index (Phi) is 7.17. The van der Waals surface area contributed by atoms with Crippen LogP contribution in [0.25, 0.3) is 0 Å². The van der Waals surface area contributed by atoms with E-state index in [0.717, 1.165) is 46.5 Å². The summed E-state index contributed by atoms with van der Waals surface area (Å²) in [6, 6.07) is 12.1. The molecule has 4 heteroatoms. The van der Waals surface area contributed by atoms with Crippen LogP contribution in [0, 0.1) is 13.8 Å². The summed E-state index contributed by atoms with van der Waals surface area (Å²) in [5.74, 6) is -0.115. The van der Waals surface area contributed by atoms with E-state index in [1.807, 2.05) is 38.1 Å². The predicted molar refractivity (Wildman–Crippen MR) is 112 cm³/mol. The highest BCUT2D eigenvalue weighted by Gasteiger charge is 2.19. The van der Waals surface area contributed by atoms with Gasteiger partial charge in [-0.15, -0.1) is 0 Å². The topological polar surface area (TPSA) is 49.4 Å². The number of benzene rings is 2. The van der Waals surface area contributed by atoms with E-state index in [0.29, 0.717) is 6.54 Å². The zero-order chi connectivity index (χ0) is 20.0. The van der Waals surface area contributed by atoms with Crippen LogP contribution in [-0.2, 0) is 22.4 Å². The smallest absolute Gasteiger partial charge is 0.226 e. The van der Waals surface area contributed by atoms with E-state index in [2.05, 4.69) is 31.3 Å². The van der Waals surface area contributed by atoms with Crippen molar-refractivity contribution in [2.45, 2.75) is 53.9 Å². The summed E-state index contributed by atoms with van der Waals surface area (Å²) in [6.45, 7) is 10.1. The van der Waals surface area contributed by atoms with Gasteiger partial charge in [-0.1, -0.05) is 50.2 Å². The molecule has 4 nitrogen and oxygen atoms in total. The van der Waals surface area contributed by atoms with E-state index in [1.165, 1.54) is 0 Å². The molecule has 0 aliphatic rings. The lowest BCUT2D eigenvalue weighted by Gasteiger charge is -2.26. The predicted octanol–water partition coefficient (Wildman–Crippen LogP) is 4.81. The molecule has 0 aromatic heterocycles. The summed E-state index contributed by atoms with van der Waals surface area (Å²) in [5.41, 5.74) is 6.18. The number of nitrogens with one attached hydrogen (secondary N) is 1. The first-order valence-corrected chi connectivity index (χ1v) is 9.63. The number of aryl methyl sites for hydroxylation is 4. The van der Waals surface area contributed by atoms with Gasteiger partial charge in [-0.2, -0.15) is 0 Å². The van der Waals surface area contributed by atoms with E-state index in [1.54, 1.807) is 11.8 Å². The molecule has 0 fully saturated rings. The fourth-order valence-corrected chi connectivity index (χ4v) is 3.42. The first-order chi connectivity index (χ1) is 12.9. The highest BCUT2D eigenvalue weighted by Crippen LogP contribution is 2.27. The van der Waals surface area contributed by atoms with Crippen molar-refractivity contribution < 1.29 is 9.59 Å². The number of carbonyl (C=O) groups excluding carboxylic acids is 2. The maximum absolute atomic E-state index is 12.5. The lowest BCUT2D eigenvalue weighted by atomic mass is 10.0. The van der Waals surface area contributed by atoms with Gasteiger partial charge in [0.1, 0.15) is 0 Å². The lowest BCUT2D eigenvalue weighted by molar-refractivity contribution is -0.117. The van der Waals surface area contributed by atoms with Crippen LogP contribution in [0.4, 0.5) is 11.4 Å². The third-order valence-electron chi connectivity index (χ3n) is 4.92. The number of hydrogen-bond donors (Lipinski definition) is 1. The van der Waals surface area contributed by atoms with Crippen molar-refractivity contribution in [3.63, 3.8) is 0 Å². The molecular formula is C23H30N2O2. The molecule has 0 aliphatic carbocycles. The zero-order valence-electron chi connectivity index (χ0n) is 17.1. The third-order valence-corrected chi connectivity index (χ3v) is 4.92. The Morgan fingerprint density at radius 2 is 1.44 bits per heavy atom. The molecule has 0 bridgehead atoms. The minimum absolute atomic E-state index is 0.0366. The normalized spacial score (nSPS) is 10.6. The highest BCUT2D eigenvalue weighted by atomic mass is 16.2. The van der Waals surface area contributed by atoms with E-state index in [4.69, 9.17) is 0 Å². The summed E-state index contributed by atoms with van der Waals surface area (Å²) in [7, 11) is 0. The molecule has 0 atom stereocenters. The summed E-state index contributed by atoms with van der Waals surface area (Å²) >= 11 is 0. The summed E-state index contributed by atoms with van der Waals surface area (Å²) < 4.78 is 0. The van der Waals surface area contributed by atoms with Gasteiger partial charge in [0.2, 0.25) is 11.8 Å². The molecular weight excluding hydrogens is 336 g/mol. The quantitative estimate of drug-likeness (QED) is 0.764. The molecule has 0 spiro atoms. The van der Waals surface area contributed by atoms with Gasteiger partial charge in [0, 0.05) is 31.3 Å². The summed E-state index contributed by atoms with van der Waals surface area (Å²) in [6.07, 6.45) is 1.96. The Morgan fingerprint density at radius 1 is 0.926 bits per heavy atom. The van der Waals surface area contributed by atoms with Crippen LogP contribution in [0.5, 0.6) is 0 Å². The Morgan fingerprint density at radius 3 is 1.93 bits per heavy atom. The first kappa shape index (κ1) is 20.7. The molecule has 0 unspecified atom stereocenters. The monoisotopic (exact) mass is 366 g/mol. The fraction of sp³-hybridized carbons (Fsp3) is 0.391. The van der Waals surface area contributed by atoms with Crippen LogP contribution in [0.2, 0.25) is 0 Å². The van der Waals surface area contributed by atoms with Crippen LogP contribution in [0.15, 0.2) is 36.4 Å². The number of hydrogen-bond acceptors (Lipinski definition) is 2. The second-order valence-corrected chi connectivity index (χ2v) is 6.87. The molecule has 144 valence electrons. The number of nitrogens with zero attached hydrogens (tertiary/aromatic N) is 1. The molecule has 0 saturated carbocycles. The fourth-order valence-electron chi connectivity index (χ4n) is 3.42. The van der Waals surface area contributed by atoms with Crippen LogP contribution >= 0.6 is 0 Å². The lowest BCUT2D eigenvalue weighted by Crippen LogP contribution is -2.33. The van der Waals surface area contributed by atoms with Crippen LogP contribution in [-0.4, -0.2) is 18.4 Å². The van der Waals surface area contributed by atoms with Crippen LogP contribution in [0.3, 0.4) is 0 Å². The number of carbonyl (C=O) groups is 2. The molecule has 0 radical (unpaired) electrons. The van der Waals surface area contributed by atoms with Crippen molar-refractivity contribution in [3.05, 3.63) is 58.7 Å². The molecule has 0 aliphatic heterocycles. The second-order valence-electron chi connectivity index (χ2n) is 6.87. The molecule has 2 aromatic rings. The minimum atomic E-state index is -0.0781. The van der Waals surface area contributed by atoms with Crippen LogP contribution in [0.1, 0.15) is 49.4 Å². The van der Waals surface area contributed by atoms with Gasteiger partial charge in [0.15, 0.2) is 0 Å². The number of rotatable bonds is 7. The molecule has 1 N–H and O–H groups in total. The van der Waals surface area contributed by atoms with Crippen molar-refractivity contribution in [2.24, 2.45) is 0 Å². The average Bonchev–Trinajstić information content (AvgIpc) is 2.64. The van der Waals surface area contributed by atoms with Crippen molar-refractivity contribution in [1.82, 2.24) is 0 Å². The van der Waals surface area contributed by atoms with Gasteiger partial charge in [0.05, 0.1) is 0 Å². The highest BCUT2D eigenvalue weighted by molar-refractivity contribution is 5.96. The largest absolute Gasteiger partial charge is 0.326 e. The number of anilines is 2. The maximum Gasteiger partial charge on any atom is 0.226 e. The van der Waals surface area contributed by atoms with Crippen molar-refractivity contribution in [3.8, 4) is 0 Å². The Hall–Kier alpha value is -2.62. The number of para-hydroxylation sites is 2. The molecule has 0 heterocycles. The Bertz CT molecular complexity index is 785. The molecule has 2 amide bonds. The molecule has 2 aromatic carbocycles. The van der Waals surface area contributed by atoms with E-state index < -0.39 is 0 Å². The van der Waals surface area contributed by atoms with Gasteiger partial charge in [0.25, 0.3) is 0 Å². The van der Waals surface area contributed by atoms with Crippen molar-refractivity contribution in [1.29, 1.82) is 0 Å². The SMILES string of the molecule is CCc1cccc(CC)c1N(CCC(=O)Nc1c(C)cccc1C)C(C)=O. The molecule has 2 rings (SSSR count). The van der Waals surface area contributed by atoms with Gasteiger partial charge in [-0.05, 0) is 48.9 Å². The Labute approximate surface area is 162 Å². The van der Waals surface area contributed by atoms with Crippen molar-refractivity contribution in [2.75, 3.05) is 16.8 Å². The minimum Gasteiger partial charge on any atom is -0.326 e. The first-order valence-electron chi connectivity index (χ1n) is 9.63. The summed E-state index contributed by atoms with van der Waals surface area (Å²) in [5, 5.41) is 3.00.